The van der Waals surface area contributed by atoms with E-state index in [4.69, 9.17) is 4.74 Å². The Morgan fingerprint density at radius 2 is 1.67 bits per heavy atom. The van der Waals surface area contributed by atoms with Gasteiger partial charge in [-0.1, -0.05) is 51.3 Å². The van der Waals surface area contributed by atoms with Crippen LogP contribution in [0, 0.1) is 42.8 Å². The maximum atomic E-state index is 14.4. The number of amides is 2. The minimum Gasteiger partial charge on any atom is -0.460 e. The number of carbonyl (C=O) groups excluding carboxylic acids is 3. The van der Waals surface area contributed by atoms with Gasteiger partial charge in [0.1, 0.15) is 29.6 Å². The lowest BCUT2D eigenvalue weighted by Crippen LogP contribution is -2.60. The minimum atomic E-state index is -1.39. The van der Waals surface area contributed by atoms with Crippen molar-refractivity contribution in [2.45, 2.75) is 122 Å². The average Bonchev–Trinajstić information content (AvgIpc) is 3.35. The molecule has 12 nitrogen and oxygen atoms in total. The van der Waals surface area contributed by atoms with Crippen LogP contribution in [0.3, 0.4) is 0 Å². The number of nitrogens with one attached hydrogen (secondary N) is 1. The van der Waals surface area contributed by atoms with Crippen LogP contribution in [0.4, 0.5) is 11.4 Å². The molecular weight excluding hydrogens is 590 g/mol. The van der Waals surface area contributed by atoms with E-state index in [2.05, 4.69) is 41.6 Å². The molecular formula is C34H45N5O7. The normalized spacial score (nSPS) is 32.5. The molecule has 5 fully saturated rings. The summed E-state index contributed by atoms with van der Waals surface area (Å²) in [6, 6.07) is 1.06. The van der Waals surface area contributed by atoms with Gasteiger partial charge in [0, 0.05) is 18.4 Å². The first-order chi connectivity index (χ1) is 22.0. The van der Waals surface area contributed by atoms with Crippen molar-refractivity contribution in [3.63, 3.8) is 0 Å². The molecule has 7 atom stereocenters. The van der Waals surface area contributed by atoms with Gasteiger partial charge in [0.15, 0.2) is 6.04 Å². The molecule has 1 aromatic carbocycles. The van der Waals surface area contributed by atoms with E-state index in [0.29, 0.717) is 24.4 Å². The molecule has 1 spiro atoms. The molecule has 0 radical (unpaired) electrons. The second-order valence-electron chi connectivity index (χ2n) is 15.0. The highest BCUT2D eigenvalue weighted by Crippen LogP contribution is 2.93. The zero-order valence-corrected chi connectivity index (χ0v) is 27.0. The molecule has 2 amide bonds. The van der Waals surface area contributed by atoms with Gasteiger partial charge in [-0.15, -0.1) is 14.7 Å². The molecule has 248 valence electrons. The highest BCUT2D eigenvalue weighted by molar-refractivity contribution is 5.92. The van der Waals surface area contributed by atoms with Crippen LogP contribution in [-0.4, -0.2) is 53.5 Å². The third-order valence-corrected chi connectivity index (χ3v) is 13.0. The molecule has 4 saturated carbocycles. The molecule has 6 rings (SSSR count). The molecule has 1 saturated heterocycles. The maximum absolute atomic E-state index is 14.4. The Bertz CT molecular complexity index is 1430. The summed E-state index contributed by atoms with van der Waals surface area (Å²) in [4.78, 5) is 77.3. The maximum Gasteiger partial charge on any atom is 0.329 e. The molecule has 1 N–H and O–H groups in total. The van der Waals surface area contributed by atoms with E-state index in [1.165, 1.54) is 24.6 Å². The zero-order chi connectivity index (χ0) is 32.9. The van der Waals surface area contributed by atoms with E-state index < -0.39 is 24.0 Å². The number of likely N-dealkylation sites (tertiary alicyclic amines) is 1. The van der Waals surface area contributed by atoms with Gasteiger partial charge in [0.25, 0.3) is 0 Å². The number of nitroso groups, excluding NO2 is 3. The summed E-state index contributed by atoms with van der Waals surface area (Å²) in [6.07, 6.45) is 9.36. The number of piperidine rings is 1. The molecule has 1 aliphatic heterocycles. The molecule has 0 bridgehead atoms. The fourth-order valence-corrected chi connectivity index (χ4v) is 10.4. The first-order valence-corrected chi connectivity index (χ1v) is 17.0. The quantitative estimate of drug-likeness (QED) is 0.218. The highest BCUT2D eigenvalue weighted by atomic mass is 16.5. The molecule has 46 heavy (non-hydrogen) atoms. The molecule has 7 unspecified atom stereocenters. The van der Waals surface area contributed by atoms with Crippen LogP contribution in [0.15, 0.2) is 33.7 Å². The van der Waals surface area contributed by atoms with Crippen LogP contribution in [0.25, 0.3) is 0 Å². The Labute approximate surface area is 269 Å². The number of hydrogen-bond acceptors (Lipinski definition) is 10. The largest absolute Gasteiger partial charge is 0.460 e. The van der Waals surface area contributed by atoms with Crippen LogP contribution < -0.4 is 5.32 Å². The lowest BCUT2D eigenvalue weighted by Gasteiger charge is -2.47. The highest BCUT2D eigenvalue weighted by Gasteiger charge is 2.91. The second kappa shape index (κ2) is 12.2. The Morgan fingerprint density at radius 3 is 2.33 bits per heavy atom. The van der Waals surface area contributed by atoms with Gasteiger partial charge < -0.3 is 15.0 Å². The second-order valence-corrected chi connectivity index (χ2v) is 15.0. The fourth-order valence-electron chi connectivity index (χ4n) is 10.4. The molecule has 1 heterocycles. The van der Waals surface area contributed by atoms with E-state index in [-0.39, 0.29) is 57.9 Å². The van der Waals surface area contributed by atoms with Crippen molar-refractivity contribution in [1.29, 1.82) is 0 Å². The molecule has 4 aliphatic carbocycles. The van der Waals surface area contributed by atoms with Gasteiger partial charge in [0.05, 0.1) is 0 Å². The van der Waals surface area contributed by atoms with Gasteiger partial charge in [-0.3, -0.25) is 9.59 Å². The summed E-state index contributed by atoms with van der Waals surface area (Å²) in [5.41, 5.74) is 0.375. The SMILES string of the molecule is CC1(C)C2(C)CCC3CC(OC(=O)C4CCCCN4C(=O)C(NC(=O)C(Cc4ccc(N=O)c(N=O)c4)N=O)C4CCCCC4)C312. The number of benzene rings is 1. The Morgan fingerprint density at radius 1 is 0.957 bits per heavy atom. The number of rotatable bonds is 11. The number of esters is 1. The summed E-state index contributed by atoms with van der Waals surface area (Å²) >= 11 is 0. The van der Waals surface area contributed by atoms with Gasteiger partial charge >= 0.3 is 5.97 Å². The van der Waals surface area contributed by atoms with E-state index in [0.717, 1.165) is 57.8 Å². The Balaban J connectivity index is 1.18. The third kappa shape index (κ3) is 4.89. The predicted octanol–water partition coefficient (Wildman–Crippen LogP) is 6.36. The summed E-state index contributed by atoms with van der Waals surface area (Å²) in [5.74, 6) is -0.929. The Hall–Kier alpha value is -3.57. The van der Waals surface area contributed by atoms with Crippen LogP contribution in [-0.2, 0) is 25.5 Å². The fraction of sp³-hybridized carbons (Fsp3) is 0.735. The summed E-state index contributed by atoms with van der Waals surface area (Å²) in [5, 5.41) is 11.5. The van der Waals surface area contributed by atoms with E-state index in [9.17, 15) is 29.1 Å². The van der Waals surface area contributed by atoms with Crippen LogP contribution >= 0.6 is 0 Å². The number of hydrogen-bond donors (Lipinski definition) is 1. The van der Waals surface area contributed by atoms with Crippen LogP contribution in [0.1, 0.15) is 97.0 Å². The summed E-state index contributed by atoms with van der Waals surface area (Å²) in [7, 11) is 0. The first kappa shape index (κ1) is 32.4. The first-order valence-electron chi connectivity index (χ1n) is 17.0. The molecule has 0 aromatic heterocycles. The van der Waals surface area contributed by atoms with Crippen LogP contribution in [0.5, 0.6) is 0 Å². The monoisotopic (exact) mass is 635 g/mol. The van der Waals surface area contributed by atoms with E-state index in [1.54, 1.807) is 4.90 Å². The summed E-state index contributed by atoms with van der Waals surface area (Å²) < 4.78 is 6.30. The van der Waals surface area contributed by atoms with Crippen molar-refractivity contribution in [2.24, 2.45) is 43.6 Å². The number of nitrogens with zero attached hydrogens (tertiary/aromatic N) is 4. The topological polar surface area (TPSA) is 164 Å². The van der Waals surface area contributed by atoms with Crippen LogP contribution in [0.2, 0.25) is 0 Å². The Kier molecular flexibility index (Phi) is 8.60. The molecule has 5 aliphatic rings. The number of carbonyl (C=O) groups is 3. The van der Waals surface area contributed by atoms with Gasteiger partial charge in [-0.2, -0.15) is 0 Å². The average molecular weight is 636 g/mol. The number of ether oxygens (including phenoxy) is 1. The van der Waals surface area contributed by atoms with Crippen molar-refractivity contribution in [1.82, 2.24) is 10.2 Å². The molecule has 12 heteroatoms. The van der Waals surface area contributed by atoms with Crippen molar-refractivity contribution in [3.05, 3.63) is 38.5 Å². The van der Waals surface area contributed by atoms with Gasteiger partial charge in [-0.25, -0.2) is 4.79 Å². The minimum absolute atomic E-state index is 0.0290. The lowest BCUT2D eigenvalue weighted by atomic mass is 9.64. The predicted molar refractivity (Wildman–Crippen MR) is 170 cm³/mol. The van der Waals surface area contributed by atoms with Gasteiger partial charge in [-0.05, 0) is 102 Å². The van der Waals surface area contributed by atoms with Crippen molar-refractivity contribution < 1.29 is 19.1 Å². The van der Waals surface area contributed by atoms with Crippen molar-refractivity contribution in [2.75, 3.05) is 6.54 Å². The molecule has 1 aromatic rings. The van der Waals surface area contributed by atoms with E-state index >= 15 is 0 Å². The van der Waals surface area contributed by atoms with Crippen molar-refractivity contribution >= 4 is 29.2 Å². The third-order valence-electron chi connectivity index (χ3n) is 13.0. The standard InChI is InChI=1S/C34H45N5O7/c1-32(2)33(3)15-14-22-19-27(34(22,32)33)46-31(42)26-11-7-8-16-39(26)30(41)28(21-9-5-4-6-10-21)35-29(40)25(38-45)18-20-12-13-23(36-43)24(17-20)37-44/h12-13,17,21-22,25-28H,4-11,14-16,18-19H2,1-3H3,(H,35,40). The zero-order valence-electron chi connectivity index (χ0n) is 27.0. The lowest BCUT2D eigenvalue weighted by molar-refractivity contribution is -0.180. The smallest absolute Gasteiger partial charge is 0.329 e. The van der Waals surface area contributed by atoms with Gasteiger partial charge in [0.2, 0.25) is 11.8 Å². The summed E-state index contributed by atoms with van der Waals surface area (Å²) in [6.45, 7) is 7.32. The van der Waals surface area contributed by atoms with Crippen molar-refractivity contribution in [3.8, 4) is 0 Å². The van der Waals surface area contributed by atoms with E-state index in [1.807, 2.05) is 0 Å².